The van der Waals surface area contributed by atoms with Crippen LogP contribution in [0.25, 0.3) is 11.2 Å². The molecule has 2 aromatic heterocycles. The van der Waals surface area contributed by atoms with E-state index in [-0.39, 0.29) is 17.4 Å². The molecule has 22 heavy (non-hydrogen) atoms. The number of ether oxygens (including phenoxy) is 1. The normalized spacial score (nSPS) is 22.2. The molecule has 7 heteroatoms. The summed E-state index contributed by atoms with van der Waals surface area (Å²) in [4.78, 5) is 28.7. The van der Waals surface area contributed by atoms with Gasteiger partial charge in [0.05, 0.1) is 0 Å². The molecule has 2 heterocycles. The predicted octanol–water partition coefficient (Wildman–Crippen LogP) is 0.928. The zero-order valence-corrected chi connectivity index (χ0v) is 13.5. The fraction of sp³-hybridized carbons (Fsp3) is 0.667. The van der Waals surface area contributed by atoms with E-state index in [0.29, 0.717) is 23.1 Å². The van der Waals surface area contributed by atoms with Crippen molar-refractivity contribution in [3.05, 3.63) is 20.8 Å². The molecule has 1 aliphatic rings. The molecule has 0 spiro atoms. The molecule has 7 nitrogen and oxygen atoms in total. The number of nitrogens with zero attached hydrogens (tertiary/aromatic N) is 4. The van der Waals surface area contributed by atoms with E-state index >= 15 is 0 Å². The van der Waals surface area contributed by atoms with Crippen molar-refractivity contribution >= 4 is 11.2 Å². The molecule has 0 saturated heterocycles. The highest BCUT2D eigenvalue weighted by molar-refractivity contribution is 5.71. The average molecular weight is 306 g/mol. The van der Waals surface area contributed by atoms with E-state index in [1.165, 1.54) is 18.0 Å². The first-order valence-corrected chi connectivity index (χ1v) is 7.69. The Hall–Kier alpha value is -2.05. The van der Waals surface area contributed by atoms with Crippen molar-refractivity contribution < 1.29 is 4.74 Å². The molecular formula is C15H22N4O3. The first kappa shape index (κ1) is 14.9. The topological polar surface area (TPSA) is 71.1 Å². The Morgan fingerprint density at radius 2 is 1.82 bits per heavy atom. The predicted molar refractivity (Wildman–Crippen MR) is 83.2 cm³/mol. The van der Waals surface area contributed by atoms with Crippen LogP contribution < -0.4 is 16.0 Å². The zero-order chi connectivity index (χ0) is 16.0. The van der Waals surface area contributed by atoms with Crippen LogP contribution in [0.5, 0.6) is 6.01 Å². The van der Waals surface area contributed by atoms with Crippen molar-refractivity contribution in [3.63, 3.8) is 0 Å². The summed E-state index contributed by atoms with van der Waals surface area (Å²) in [6.07, 6.45) is 4.51. The molecule has 2 atom stereocenters. The van der Waals surface area contributed by atoms with Gasteiger partial charge in [-0.05, 0) is 25.2 Å². The van der Waals surface area contributed by atoms with Gasteiger partial charge in [0.15, 0.2) is 11.2 Å². The molecule has 0 aliphatic heterocycles. The molecule has 120 valence electrons. The van der Waals surface area contributed by atoms with Crippen molar-refractivity contribution in [2.45, 2.75) is 38.7 Å². The van der Waals surface area contributed by atoms with Gasteiger partial charge in [0.2, 0.25) is 0 Å². The minimum atomic E-state index is -0.381. The van der Waals surface area contributed by atoms with E-state index in [4.69, 9.17) is 4.74 Å². The lowest BCUT2D eigenvalue weighted by molar-refractivity contribution is 0.115. The van der Waals surface area contributed by atoms with E-state index in [0.717, 1.165) is 23.8 Å². The summed E-state index contributed by atoms with van der Waals surface area (Å²) < 4.78 is 10.1. The lowest BCUT2D eigenvalue weighted by Crippen LogP contribution is -2.37. The highest BCUT2D eigenvalue weighted by Gasteiger charge is 2.24. The van der Waals surface area contributed by atoms with Crippen LogP contribution in [0.1, 0.15) is 32.6 Å². The Morgan fingerprint density at radius 1 is 1.09 bits per heavy atom. The van der Waals surface area contributed by atoms with E-state index < -0.39 is 0 Å². The molecule has 0 radical (unpaired) electrons. The minimum absolute atomic E-state index is 0.125. The van der Waals surface area contributed by atoms with Crippen molar-refractivity contribution in [3.8, 4) is 6.01 Å². The quantitative estimate of drug-likeness (QED) is 0.827. The second-order valence-corrected chi connectivity index (χ2v) is 6.34. The third-order valence-electron chi connectivity index (χ3n) is 4.59. The lowest BCUT2D eigenvalue weighted by atomic mass is 9.89. The van der Waals surface area contributed by atoms with Crippen LogP contribution >= 0.6 is 0 Å². The molecule has 2 unspecified atom stereocenters. The Balaban J connectivity index is 2.07. The van der Waals surface area contributed by atoms with Gasteiger partial charge in [0.25, 0.3) is 11.6 Å². The Bertz CT molecular complexity index is 830. The van der Waals surface area contributed by atoms with Gasteiger partial charge in [-0.25, -0.2) is 4.79 Å². The van der Waals surface area contributed by atoms with Crippen LogP contribution in [0, 0.1) is 5.92 Å². The third kappa shape index (κ3) is 2.24. The fourth-order valence-corrected chi connectivity index (χ4v) is 3.24. The monoisotopic (exact) mass is 306 g/mol. The number of imidazole rings is 1. The maximum absolute atomic E-state index is 12.3. The van der Waals surface area contributed by atoms with Crippen molar-refractivity contribution in [1.29, 1.82) is 0 Å². The molecule has 0 bridgehead atoms. The molecule has 1 fully saturated rings. The summed E-state index contributed by atoms with van der Waals surface area (Å²) in [7, 11) is 4.84. The van der Waals surface area contributed by atoms with Gasteiger partial charge in [0, 0.05) is 21.1 Å². The molecule has 1 aliphatic carbocycles. The molecular weight excluding hydrogens is 284 g/mol. The largest absolute Gasteiger partial charge is 0.461 e. The number of hydrogen-bond acceptors (Lipinski definition) is 4. The van der Waals surface area contributed by atoms with Gasteiger partial charge >= 0.3 is 5.69 Å². The van der Waals surface area contributed by atoms with Crippen molar-refractivity contribution in [1.82, 2.24) is 18.7 Å². The first-order valence-electron chi connectivity index (χ1n) is 7.69. The average Bonchev–Trinajstić information content (AvgIpc) is 2.80. The Kier molecular flexibility index (Phi) is 3.58. The summed E-state index contributed by atoms with van der Waals surface area (Å²) in [6, 6.07) is 0.410. The summed E-state index contributed by atoms with van der Waals surface area (Å²) in [6.45, 7) is 2.23. The Labute approximate surface area is 128 Å². The molecule has 0 N–H and O–H groups in total. The first-order chi connectivity index (χ1) is 10.4. The smallest absolute Gasteiger partial charge is 0.332 e. The number of fused-ring (bicyclic) bond motifs is 1. The lowest BCUT2D eigenvalue weighted by Gasteiger charge is -2.26. The van der Waals surface area contributed by atoms with E-state index in [2.05, 4.69) is 11.9 Å². The van der Waals surface area contributed by atoms with Gasteiger partial charge in [-0.2, -0.15) is 4.98 Å². The van der Waals surface area contributed by atoms with Crippen LogP contribution in [-0.2, 0) is 21.1 Å². The van der Waals surface area contributed by atoms with Crippen molar-refractivity contribution in [2.24, 2.45) is 27.1 Å². The van der Waals surface area contributed by atoms with Gasteiger partial charge in [0.1, 0.15) is 6.10 Å². The van der Waals surface area contributed by atoms with E-state index in [1.807, 2.05) is 0 Å². The molecule has 0 aromatic carbocycles. The maximum atomic E-state index is 12.3. The van der Waals surface area contributed by atoms with Crippen LogP contribution in [0.2, 0.25) is 0 Å². The summed E-state index contributed by atoms with van der Waals surface area (Å²) in [5.41, 5.74) is 0.0336. The van der Waals surface area contributed by atoms with Gasteiger partial charge in [-0.3, -0.25) is 18.5 Å². The van der Waals surface area contributed by atoms with Gasteiger partial charge in [-0.1, -0.05) is 13.3 Å². The summed E-state index contributed by atoms with van der Waals surface area (Å²) in [5, 5.41) is 0. The summed E-state index contributed by atoms with van der Waals surface area (Å²) >= 11 is 0. The minimum Gasteiger partial charge on any atom is -0.461 e. The van der Waals surface area contributed by atoms with E-state index in [1.54, 1.807) is 18.7 Å². The molecule has 0 amide bonds. The maximum Gasteiger partial charge on any atom is 0.332 e. The highest BCUT2D eigenvalue weighted by Crippen LogP contribution is 2.27. The third-order valence-corrected chi connectivity index (χ3v) is 4.59. The number of aromatic nitrogens is 4. The van der Waals surface area contributed by atoms with Crippen LogP contribution in [0.3, 0.4) is 0 Å². The second-order valence-electron chi connectivity index (χ2n) is 6.34. The zero-order valence-electron chi connectivity index (χ0n) is 13.5. The number of rotatable bonds is 2. The van der Waals surface area contributed by atoms with Gasteiger partial charge < -0.3 is 4.74 Å². The molecule has 2 aromatic rings. The number of hydrogen-bond donors (Lipinski definition) is 0. The molecule has 3 rings (SSSR count). The highest BCUT2D eigenvalue weighted by atomic mass is 16.5. The van der Waals surface area contributed by atoms with Crippen molar-refractivity contribution in [2.75, 3.05) is 0 Å². The SMILES string of the molecule is CC1CCCC(Oc2nc3c(c(=O)n(C)c(=O)n3C)n2C)C1. The standard InChI is InChI=1S/C15H22N4O3/c1-9-6-5-7-10(8-9)22-14-16-12-11(17(14)2)13(20)19(4)15(21)18(12)3/h9-10H,5-8H2,1-4H3. The molecule has 1 saturated carbocycles. The summed E-state index contributed by atoms with van der Waals surface area (Å²) in [5.74, 6) is 0.644. The second kappa shape index (κ2) is 5.30. The van der Waals surface area contributed by atoms with Crippen LogP contribution in [-0.4, -0.2) is 24.8 Å². The fourth-order valence-electron chi connectivity index (χ4n) is 3.24. The van der Waals surface area contributed by atoms with Crippen LogP contribution in [0.4, 0.5) is 0 Å². The number of aryl methyl sites for hydroxylation is 2. The Morgan fingerprint density at radius 3 is 2.50 bits per heavy atom. The van der Waals surface area contributed by atoms with Gasteiger partial charge in [-0.15, -0.1) is 0 Å². The van der Waals surface area contributed by atoms with Crippen LogP contribution in [0.15, 0.2) is 9.59 Å². The van der Waals surface area contributed by atoms with E-state index in [9.17, 15) is 9.59 Å².